The van der Waals surface area contributed by atoms with Gasteiger partial charge in [-0.25, -0.2) is 0 Å². The lowest BCUT2D eigenvalue weighted by Gasteiger charge is -2.43. The van der Waals surface area contributed by atoms with Crippen molar-refractivity contribution < 1.29 is 14.6 Å². The third-order valence-corrected chi connectivity index (χ3v) is 6.56. The van der Waals surface area contributed by atoms with E-state index in [-0.39, 0.29) is 11.8 Å². The molecule has 0 aromatic heterocycles. The molecule has 2 aliphatic heterocycles. The van der Waals surface area contributed by atoms with Gasteiger partial charge in [0.2, 0.25) is 0 Å². The van der Waals surface area contributed by atoms with Crippen molar-refractivity contribution in [2.45, 2.75) is 57.6 Å². The van der Waals surface area contributed by atoms with Gasteiger partial charge in [-0.15, -0.1) is 0 Å². The number of amides is 1. The average molecular weight is 389 g/mol. The molecule has 1 N–H and O–H groups in total. The number of carbonyl (C=O) groups excluding carboxylic acids is 1. The van der Waals surface area contributed by atoms with E-state index in [2.05, 4.69) is 17.0 Å². The number of ether oxygens (including phenoxy) is 1. The molecule has 28 heavy (non-hydrogen) atoms. The fraction of sp³-hybridized carbons (Fsp3) is 0.696. The number of nitrogens with zero attached hydrogens (tertiary/aromatic N) is 2. The maximum atomic E-state index is 12.9. The van der Waals surface area contributed by atoms with E-state index in [1.54, 1.807) is 7.11 Å². The van der Waals surface area contributed by atoms with Crippen LogP contribution in [0.25, 0.3) is 0 Å². The number of benzene rings is 1. The van der Waals surface area contributed by atoms with Crippen molar-refractivity contribution in [2.24, 2.45) is 5.92 Å². The average Bonchev–Trinajstić information content (AvgIpc) is 2.97. The molecule has 2 aliphatic rings. The van der Waals surface area contributed by atoms with Crippen LogP contribution in [0.15, 0.2) is 24.3 Å². The zero-order valence-corrected chi connectivity index (χ0v) is 17.5. The standard InChI is InChI=1S/C23H36N2O3/c1-19-17-25(15-11-23(19,27)12-16-28-2)22(26)21-9-7-20(8-10-21)18-24-13-5-3-4-6-14-24/h7-10,19,27H,3-6,11-18H2,1-2H3. The fourth-order valence-corrected chi connectivity index (χ4v) is 4.49. The van der Waals surface area contributed by atoms with Crippen molar-refractivity contribution in [2.75, 3.05) is 39.9 Å². The minimum atomic E-state index is -0.732. The Morgan fingerprint density at radius 2 is 1.82 bits per heavy atom. The summed E-state index contributed by atoms with van der Waals surface area (Å²) in [6, 6.07) is 8.12. The summed E-state index contributed by atoms with van der Waals surface area (Å²) in [6.07, 6.45) is 6.51. The Morgan fingerprint density at radius 1 is 1.14 bits per heavy atom. The van der Waals surface area contributed by atoms with E-state index in [4.69, 9.17) is 4.74 Å². The summed E-state index contributed by atoms with van der Waals surface area (Å²) in [4.78, 5) is 17.3. The van der Waals surface area contributed by atoms with Gasteiger partial charge >= 0.3 is 0 Å². The third-order valence-electron chi connectivity index (χ3n) is 6.56. The number of hydrogen-bond acceptors (Lipinski definition) is 4. The molecule has 0 spiro atoms. The van der Waals surface area contributed by atoms with Gasteiger partial charge in [-0.3, -0.25) is 9.69 Å². The predicted molar refractivity (Wildman–Crippen MR) is 111 cm³/mol. The Labute approximate surface area is 169 Å². The second-order valence-corrected chi connectivity index (χ2v) is 8.64. The molecule has 0 radical (unpaired) electrons. The lowest BCUT2D eigenvalue weighted by atomic mass is 9.79. The van der Waals surface area contributed by atoms with Gasteiger partial charge in [0.05, 0.1) is 5.60 Å². The highest BCUT2D eigenvalue weighted by Crippen LogP contribution is 2.31. The Kier molecular flexibility index (Phi) is 7.49. The van der Waals surface area contributed by atoms with E-state index >= 15 is 0 Å². The fourth-order valence-electron chi connectivity index (χ4n) is 4.49. The van der Waals surface area contributed by atoms with Gasteiger partial charge in [0.15, 0.2) is 0 Å². The molecule has 0 bridgehead atoms. The van der Waals surface area contributed by atoms with Crippen molar-refractivity contribution in [1.29, 1.82) is 0 Å². The topological polar surface area (TPSA) is 53.0 Å². The van der Waals surface area contributed by atoms with Gasteiger partial charge in [0, 0.05) is 44.8 Å². The van der Waals surface area contributed by atoms with Crippen LogP contribution in [0.4, 0.5) is 0 Å². The van der Waals surface area contributed by atoms with Gasteiger partial charge < -0.3 is 14.7 Å². The molecular weight excluding hydrogens is 352 g/mol. The molecule has 2 unspecified atom stereocenters. The Balaban J connectivity index is 1.56. The van der Waals surface area contributed by atoms with E-state index in [1.807, 2.05) is 24.0 Å². The van der Waals surface area contributed by atoms with Gasteiger partial charge in [-0.2, -0.15) is 0 Å². The first kappa shape index (κ1) is 21.3. The molecule has 2 atom stereocenters. The van der Waals surface area contributed by atoms with Gasteiger partial charge in [-0.1, -0.05) is 31.9 Å². The summed E-state index contributed by atoms with van der Waals surface area (Å²) in [7, 11) is 1.66. The highest BCUT2D eigenvalue weighted by molar-refractivity contribution is 5.94. The van der Waals surface area contributed by atoms with Gasteiger partial charge in [0.25, 0.3) is 5.91 Å². The molecule has 0 aliphatic carbocycles. The van der Waals surface area contributed by atoms with E-state index in [1.165, 1.54) is 44.3 Å². The van der Waals surface area contributed by atoms with Crippen LogP contribution in [0.2, 0.25) is 0 Å². The lowest BCUT2D eigenvalue weighted by Crippen LogP contribution is -2.52. The van der Waals surface area contributed by atoms with Crippen molar-refractivity contribution in [3.05, 3.63) is 35.4 Å². The Morgan fingerprint density at radius 3 is 2.43 bits per heavy atom. The highest BCUT2D eigenvalue weighted by atomic mass is 16.5. The lowest BCUT2D eigenvalue weighted by molar-refractivity contribution is -0.0750. The molecular formula is C23H36N2O3. The molecule has 1 amide bonds. The quantitative estimate of drug-likeness (QED) is 0.812. The summed E-state index contributed by atoms with van der Waals surface area (Å²) in [6.45, 7) is 7.10. The summed E-state index contributed by atoms with van der Waals surface area (Å²) < 4.78 is 5.13. The highest BCUT2D eigenvalue weighted by Gasteiger charge is 2.39. The van der Waals surface area contributed by atoms with E-state index in [9.17, 15) is 9.90 Å². The summed E-state index contributed by atoms with van der Waals surface area (Å²) in [5.41, 5.74) is 1.29. The van der Waals surface area contributed by atoms with Gasteiger partial charge in [-0.05, 0) is 56.5 Å². The molecule has 1 aromatic carbocycles. The third kappa shape index (κ3) is 5.34. The van der Waals surface area contributed by atoms with Crippen LogP contribution in [0.3, 0.4) is 0 Å². The molecule has 5 nitrogen and oxygen atoms in total. The van der Waals surface area contributed by atoms with Crippen LogP contribution in [0.5, 0.6) is 0 Å². The SMILES string of the molecule is COCCC1(O)CCN(C(=O)c2ccc(CN3CCCCCC3)cc2)CC1C. The molecule has 0 saturated carbocycles. The molecule has 3 rings (SSSR count). The number of hydrogen-bond donors (Lipinski definition) is 1. The second-order valence-electron chi connectivity index (χ2n) is 8.64. The maximum Gasteiger partial charge on any atom is 0.253 e. The maximum absolute atomic E-state index is 12.9. The van der Waals surface area contributed by atoms with E-state index in [0.717, 1.165) is 12.1 Å². The van der Waals surface area contributed by atoms with E-state index < -0.39 is 5.60 Å². The smallest absolute Gasteiger partial charge is 0.253 e. The number of rotatable bonds is 6. The first-order valence-corrected chi connectivity index (χ1v) is 10.8. The van der Waals surface area contributed by atoms with Crippen LogP contribution < -0.4 is 0 Å². The Bertz CT molecular complexity index is 625. The first-order chi connectivity index (χ1) is 13.5. The molecule has 5 heteroatoms. The molecule has 2 fully saturated rings. The predicted octanol–water partition coefficient (Wildman–Crippen LogP) is 3.31. The van der Waals surface area contributed by atoms with Crippen LogP contribution in [0.1, 0.15) is 61.4 Å². The van der Waals surface area contributed by atoms with Crippen molar-refractivity contribution in [1.82, 2.24) is 9.80 Å². The second kappa shape index (κ2) is 9.86. The van der Waals surface area contributed by atoms with Gasteiger partial charge in [0.1, 0.15) is 0 Å². The van der Waals surface area contributed by atoms with Crippen LogP contribution in [0, 0.1) is 5.92 Å². The van der Waals surface area contributed by atoms with Crippen LogP contribution in [-0.4, -0.2) is 66.3 Å². The first-order valence-electron chi connectivity index (χ1n) is 10.8. The summed E-state index contributed by atoms with van der Waals surface area (Å²) >= 11 is 0. The minimum absolute atomic E-state index is 0.0441. The Hall–Kier alpha value is -1.43. The van der Waals surface area contributed by atoms with Crippen LogP contribution >= 0.6 is 0 Å². The molecule has 2 saturated heterocycles. The molecule has 156 valence electrons. The zero-order valence-electron chi connectivity index (χ0n) is 17.5. The van der Waals surface area contributed by atoms with Crippen LogP contribution in [-0.2, 0) is 11.3 Å². The normalized spacial score (nSPS) is 26.8. The number of likely N-dealkylation sites (tertiary alicyclic amines) is 2. The number of carbonyl (C=O) groups is 1. The summed E-state index contributed by atoms with van der Waals surface area (Å²) in [5.74, 6) is 0.115. The summed E-state index contributed by atoms with van der Waals surface area (Å²) in [5, 5.41) is 10.8. The largest absolute Gasteiger partial charge is 0.389 e. The molecule has 2 heterocycles. The van der Waals surface area contributed by atoms with Crippen molar-refractivity contribution >= 4 is 5.91 Å². The van der Waals surface area contributed by atoms with Crippen molar-refractivity contribution in [3.8, 4) is 0 Å². The monoisotopic (exact) mass is 388 g/mol. The minimum Gasteiger partial charge on any atom is -0.389 e. The van der Waals surface area contributed by atoms with Crippen molar-refractivity contribution in [3.63, 3.8) is 0 Å². The van der Waals surface area contributed by atoms with E-state index in [0.29, 0.717) is 32.5 Å². The number of piperidine rings is 1. The molecule has 1 aromatic rings. The zero-order chi connectivity index (χ0) is 20.0. The number of methoxy groups -OCH3 is 1. The number of aliphatic hydroxyl groups is 1.